The summed E-state index contributed by atoms with van der Waals surface area (Å²) in [6.45, 7) is 0.261. The van der Waals surface area contributed by atoms with E-state index in [0.717, 1.165) is 23.6 Å². The van der Waals surface area contributed by atoms with Gasteiger partial charge in [-0.25, -0.2) is 23.7 Å². The van der Waals surface area contributed by atoms with E-state index in [4.69, 9.17) is 0 Å². The Bertz CT molecular complexity index is 819. The van der Waals surface area contributed by atoms with E-state index in [2.05, 4.69) is 20.3 Å². The van der Waals surface area contributed by atoms with Crippen molar-refractivity contribution < 1.29 is 13.6 Å². The molecule has 0 aliphatic rings. The average molecular weight is 329 g/mol. The number of carbonyl (C=O) groups is 1. The van der Waals surface area contributed by atoms with Gasteiger partial charge in [-0.2, -0.15) is 0 Å². The van der Waals surface area contributed by atoms with Crippen LogP contribution in [0.5, 0.6) is 0 Å². The normalized spacial score (nSPS) is 10.8. The summed E-state index contributed by atoms with van der Waals surface area (Å²) < 4.78 is 27.0. The van der Waals surface area contributed by atoms with Crippen molar-refractivity contribution in [2.75, 3.05) is 0 Å². The van der Waals surface area contributed by atoms with Crippen LogP contribution in [0.1, 0.15) is 28.2 Å². The number of benzene rings is 1. The zero-order valence-corrected chi connectivity index (χ0v) is 12.4. The van der Waals surface area contributed by atoms with Crippen molar-refractivity contribution in [1.29, 1.82) is 0 Å². The number of halogens is 2. The number of carbonyl (C=O) groups excluding carboxylic acids is 1. The second-order valence-electron chi connectivity index (χ2n) is 4.95. The molecule has 0 bridgehead atoms. The van der Waals surface area contributed by atoms with Gasteiger partial charge in [-0.15, -0.1) is 0 Å². The van der Waals surface area contributed by atoms with Gasteiger partial charge in [0.05, 0.1) is 6.33 Å². The fourth-order valence-electron chi connectivity index (χ4n) is 2.09. The average Bonchev–Trinajstić information content (AvgIpc) is 3.15. The predicted octanol–water partition coefficient (Wildman–Crippen LogP) is 2.53. The maximum atomic E-state index is 12.6. The molecule has 122 valence electrons. The van der Waals surface area contributed by atoms with E-state index in [9.17, 15) is 13.6 Å². The molecule has 1 N–H and O–H groups in total. The maximum absolute atomic E-state index is 12.6. The molecule has 2 aromatic heterocycles. The van der Waals surface area contributed by atoms with Crippen LogP contribution in [0.2, 0.25) is 0 Å². The molecule has 0 saturated carbocycles. The molecule has 0 spiro atoms. The van der Waals surface area contributed by atoms with Crippen molar-refractivity contribution in [3.8, 4) is 5.69 Å². The summed E-state index contributed by atoms with van der Waals surface area (Å²) in [7, 11) is 0. The summed E-state index contributed by atoms with van der Waals surface area (Å²) in [6.07, 6.45) is 3.41. The van der Waals surface area contributed by atoms with Crippen molar-refractivity contribution in [2.24, 2.45) is 0 Å². The van der Waals surface area contributed by atoms with Crippen LogP contribution in [0.4, 0.5) is 8.78 Å². The van der Waals surface area contributed by atoms with Gasteiger partial charge in [0.25, 0.3) is 12.3 Å². The monoisotopic (exact) mass is 329 g/mol. The summed E-state index contributed by atoms with van der Waals surface area (Å²) in [5, 5.41) is 2.64. The van der Waals surface area contributed by atoms with Crippen molar-refractivity contribution in [3.63, 3.8) is 0 Å². The van der Waals surface area contributed by atoms with E-state index >= 15 is 0 Å². The Morgan fingerprint density at radius 1 is 1.21 bits per heavy atom. The minimum atomic E-state index is -2.74. The number of hydrogen-bond acceptors (Lipinski definition) is 4. The molecule has 0 saturated heterocycles. The number of aromatic nitrogens is 4. The minimum Gasteiger partial charge on any atom is -0.347 e. The molecule has 6 nitrogen and oxygen atoms in total. The zero-order chi connectivity index (χ0) is 16.9. The molecule has 3 rings (SSSR count). The molecule has 3 aromatic rings. The first-order chi connectivity index (χ1) is 11.6. The molecule has 1 aromatic carbocycles. The van der Waals surface area contributed by atoms with E-state index in [0.29, 0.717) is 0 Å². The van der Waals surface area contributed by atoms with Gasteiger partial charge in [0.15, 0.2) is 0 Å². The Hall–Kier alpha value is -3.16. The molecule has 24 heavy (non-hydrogen) atoms. The SMILES string of the molecule is O=C(NCc1ccc(-n2ccnc2)cc1)c1cc(C(F)F)ncn1. The minimum absolute atomic E-state index is 0.0877. The van der Waals surface area contributed by atoms with Gasteiger partial charge in [-0.05, 0) is 23.8 Å². The molecule has 0 aliphatic carbocycles. The third-order valence-corrected chi connectivity index (χ3v) is 3.34. The summed E-state index contributed by atoms with van der Waals surface area (Å²) in [5.41, 5.74) is 1.26. The lowest BCUT2D eigenvalue weighted by Crippen LogP contribution is -2.24. The third-order valence-electron chi connectivity index (χ3n) is 3.34. The Kier molecular flexibility index (Phi) is 4.55. The number of alkyl halides is 2. The first-order valence-corrected chi connectivity index (χ1v) is 7.09. The summed E-state index contributed by atoms with van der Waals surface area (Å²) >= 11 is 0. The lowest BCUT2D eigenvalue weighted by Gasteiger charge is -2.07. The van der Waals surface area contributed by atoms with Gasteiger partial charge in [0.2, 0.25) is 0 Å². The molecule has 0 fully saturated rings. The highest BCUT2D eigenvalue weighted by atomic mass is 19.3. The van der Waals surface area contributed by atoms with Crippen LogP contribution in [0, 0.1) is 0 Å². The van der Waals surface area contributed by atoms with Crippen LogP contribution in [0.25, 0.3) is 5.69 Å². The third kappa shape index (κ3) is 3.60. The fraction of sp³-hybridized carbons (Fsp3) is 0.125. The number of imidazole rings is 1. The largest absolute Gasteiger partial charge is 0.347 e. The molecule has 0 radical (unpaired) electrons. The highest BCUT2D eigenvalue weighted by molar-refractivity contribution is 5.92. The van der Waals surface area contributed by atoms with E-state index in [1.165, 1.54) is 0 Å². The number of nitrogens with one attached hydrogen (secondary N) is 1. The van der Waals surface area contributed by atoms with Gasteiger partial charge in [0.1, 0.15) is 17.7 Å². The van der Waals surface area contributed by atoms with E-state index < -0.39 is 18.0 Å². The van der Waals surface area contributed by atoms with Crippen molar-refractivity contribution in [2.45, 2.75) is 13.0 Å². The topological polar surface area (TPSA) is 72.7 Å². The van der Waals surface area contributed by atoms with Crippen LogP contribution in [0.3, 0.4) is 0 Å². The Balaban J connectivity index is 1.63. The molecular weight excluding hydrogens is 316 g/mol. The van der Waals surface area contributed by atoms with Crippen LogP contribution in [-0.4, -0.2) is 25.4 Å². The van der Waals surface area contributed by atoms with Crippen molar-refractivity contribution in [3.05, 3.63) is 72.3 Å². The number of rotatable bonds is 5. The molecule has 2 heterocycles. The van der Waals surface area contributed by atoms with Crippen molar-refractivity contribution >= 4 is 5.91 Å². The Labute approximate surface area is 136 Å². The standard InChI is InChI=1S/C16H13F2N5O/c17-15(18)13-7-14(22-9-21-13)16(24)20-8-11-1-3-12(4-2-11)23-6-5-19-10-23/h1-7,9-10,15H,8H2,(H,20,24). The first-order valence-electron chi connectivity index (χ1n) is 7.09. The van der Waals surface area contributed by atoms with Crippen LogP contribution in [0.15, 0.2) is 55.4 Å². The number of nitrogens with zero attached hydrogens (tertiary/aromatic N) is 4. The van der Waals surface area contributed by atoms with Gasteiger partial charge in [-0.1, -0.05) is 12.1 Å². The second-order valence-corrected chi connectivity index (χ2v) is 4.95. The molecule has 0 aliphatic heterocycles. The van der Waals surface area contributed by atoms with Gasteiger partial charge in [0, 0.05) is 24.6 Å². The molecule has 0 atom stereocenters. The highest BCUT2D eigenvalue weighted by Crippen LogP contribution is 2.15. The Morgan fingerprint density at radius 2 is 2.00 bits per heavy atom. The number of amides is 1. The summed E-state index contributed by atoms with van der Waals surface area (Å²) in [4.78, 5) is 23.1. The van der Waals surface area contributed by atoms with Crippen molar-refractivity contribution in [1.82, 2.24) is 24.8 Å². The zero-order valence-electron chi connectivity index (χ0n) is 12.4. The van der Waals surface area contributed by atoms with Gasteiger partial charge >= 0.3 is 0 Å². The molecule has 1 amide bonds. The van der Waals surface area contributed by atoms with Gasteiger partial charge in [-0.3, -0.25) is 4.79 Å². The van der Waals surface area contributed by atoms with E-state index in [1.54, 1.807) is 12.5 Å². The van der Waals surface area contributed by atoms with E-state index in [-0.39, 0.29) is 12.2 Å². The first kappa shape index (κ1) is 15.7. The molecule has 0 unspecified atom stereocenters. The lowest BCUT2D eigenvalue weighted by molar-refractivity contribution is 0.0944. The van der Waals surface area contributed by atoms with Gasteiger partial charge < -0.3 is 9.88 Å². The fourth-order valence-corrected chi connectivity index (χ4v) is 2.09. The smallest absolute Gasteiger partial charge is 0.280 e. The Morgan fingerprint density at radius 3 is 2.67 bits per heavy atom. The lowest BCUT2D eigenvalue weighted by atomic mass is 10.2. The van der Waals surface area contributed by atoms with Crippen LogP contribution in [-0.2, 0) is 6.54 Å². The quantitative estimate of drug-likeness (QED) is 0.781. The highest BCUT2D eigenvalue weighted by Gasteiger charge is 2.13. The maximum Gasteiger partial charge on any atom is 0.280 e. The second kappa shape index (κ2) is 6.95. The van der Waals surface area contributed by atoms with E-state index in [1.807, 2.05) is 35.0 Å². The molecular formula is C16H13F2N5O. The predicted molar refractivity (Wildman–Crippen MR) is 81.7 cm³/mol. The molecule has 8 heteroatoms. The summed E-state index contributed by atoms with van der Waals surface area (Å²) in [5.74, 6) is -0.530. The van der Waals surface area contributed by atoms with Crippen LogP contribution >= 0.6 is 0 Å². The number of hydrogen-bond donors (Lipinski definition) is 1. The van der Waals surface area contributed by atoms with Crippen LogP contribution < -0.4 is 5.32 Å². The summed E-state index contributed by atoms with van der Waals surface area (Å²) in [6, 6.07) is 8.49.